The molecule has 2 nitrogen and oxygen atoms in total. The molecule has 6 aromatic rings. The largest absolute Gasteiger partial charge is 0.204 e. The van der Waals surface area contributed by atoms with Gasteiger partial charge in [0.25, 0.3) is 0 Å². The molecule has 0 aliphatic rings. The van der Waals surface area contributed by atoms with Gasteiger partial charge in [0.1, 0.15) is 13.1 Å². The minimum Gasteiger partial charge on any atom is -0.204 e. The lowest BCUT2D eigenvalue weighted by atomic mass is 10.00. The molecule has 186 valence electrons. The number of aryl methyl sites for hydroxylation is 4. The number of rotatable bonds is 9. The zero-order valence-electron chi connectivity index (χ0n) is 21.8. The zero-order chi connectivity index (χ0) is 25.6. The van der Waals surface area contributed by atoms with Crippen LogP contribution in [0.2, 0.25) is 0 Å². The van der Waals surface area contributed by atoms with Crippen LogP contribution in [-0.2, 0) is 25.9 Å². The van der Waals surface area contributed by atoms with Crippen molar-refractivity contribution in [3.05, 3.63) is 145 Å². The normalized spacial score (nSPS) is 11.3. The maximum absolute atomic E-state index is 2.30. The Hall–Kier alpha value is -4.30. The maximum atomic E-state index is 2.30. The van der Waals surface area contributed by atoms with Gasteiger partial charge in [0.05, 0.1) is 0 Å². The number of benzene rings is 4. The Kier molecular flexibility index (Phi) is 7.22. The highest BCUT2D eigenvalue weighted by molar-refractivity contribution is 5.81. The van der Waals surface area contributed by atoms with E-state index >= 15 is 0 Å². The third-order valence-corrected chi connectivity index (χ3v) is 7.50. The monoisotopic (exact) mass is 494 g/mol. The van der Waals surface area contributed by atoms with E-state index in [0.29, 0.717) is 0 Å². The van der Waals surface area contributed by atoms with Crippen molar-refractivity contribution in [2.75, 3.05) is 0 Å². The topological polar surface area (TPSA) is 7.76 Å². The zero-order valence-corrected chi connectivity index (χ0v) is 21.8. The van der Waals surface area contributed by atoms with Crippen LogP contribution in [0.3, 0.4) is 0 Å². The van der Waals surface area contributed by atoms with Gasteiger partial charge in [-0.2, -0.15) is 0 Å². The van der Waals surface area contributed by atoms with Crippen molar-refractivity contribution in [3.8, 4) is 11.1 Å². The Bertz CT molecular complexity index is 1520. The van der Waals surface area contributed by atoms with E-state index in [2.05, 4.69) is 143 Å². The fourth-order valence-corrected chi connectivity index (χ4v) is 5.29. The standard InChI is InChI=1S/C36H34N2/c1-3-11-35-27-37(25-21-31(35)9-1)23-5-7-29-13-17-33(18-14-29)34-19-15-30(16-20-34)8-6-24-38-26-22-32-10-2-4-12-36(32)28-38/h1-4,9-22,25-28H,5-8,23-24H2/q+2. The molecular formula is C36H34N2+2. The predicted molar refractivity (Wildman–Crippen MR) is 157 cm³/mol. The Morgan fingerprint density at radius 3 is 1.21 bits per heavy atom. The molecule has 0 unspecified atom stereocenters. The highest BCUT2D eigenvalue weighted by Crippen LogP contribution is 2.21. The van der Waals surface area contributed by atoms with E-state index < -0.39 is 0 Å². The number of aromatic nitrogens is 2. The van der Waals surface area contributed by atoms with Crippen molar-refractivity contribution in [1.82, 2.24) is 0 Å². The van der Waals surface area contributed by atoms with E-state index in [1.807, 2.05) is 0 Å². The molecule has 0 amide bonds. The number of nitrogens with zero attached hydrogens (tertiary/aromatic N) is 2. The average molecular weight is 495 g/mol. The van der Waals surface area contributed by atoms with Gasteiger partial charge in [-0.3, -0.25) is 0 Å². The van der Waals surface area contributed by atoms with Crippen LogP contribution >= 0.6 is 0 Å². The van der Waals surface area contributed by atoms with Crippen molar-refractivity contribution in [1.29, 1.82) is 0 Å². The summed E-state index contributed by atoms with van der Waals surface area (Å²) < 4.78 is 4.61. The van der Waals surface area contributed by atoms with Crippen LogP contribution in [0.1, 0.15) is 24.0 Å². The van der Waals surface area contributed by atoms with Gasteiger partial charge >= 0.3 is 0 Å². The molecule has 2 heterocycles. The third-order valence-electron chi connectivity index (χ3n) is 7.50. The second kappa shape index (κ2) is 11.4. The van der Waals surface area contributed by atoms with Gasteiger partial charge in [-0.05, 0) is 58.0 Å². The molecule has 4 aromatic carbocycles. The quantitative estimate of drug-likeness (QED) is 0.184. The van der Waals surface area contributed by atoms with Crippen molar-refractivity contribution >= 4 is 21.5 Å². The van der Waals surface area contributed by atoms with Crippen LogP contribution in [0, 0.1) is 0 Å². The Balaban J connectivity index is 0.992. The van der Waals surface area contributed by atoms with Crippen molar-refractivity contribution in [2.24, 2.45) is 0 Å². The highest BCUT2D eigenvalue weighted by Gasteiger charge is 2.06. The highest BCUT2D eigenvalue weighted by atomic mass is 14.9. The minimum atomic E-state index is 1.04. The van der Waals surface area contributed by atoms with Crippen molar-refractivity contribution in [2.45, 2.75) is 38.8 Å². The first-order valence-electron chi connectivity index (χ1n) is 13.7. The van der Waals surface area contributed by atoms with Gasteiger partial charge < -0.3 is 0 Å². The lowest BCUT2D eigenvalue weighted by Crippen LogP contribution is -2.32. The van der Waals surface area contributed by atoms with Gasteiger partial charge in [-0.25, -0.2) is 9.13 Å². The number of fused-ring (bicyclic) bond motifs is 2. The average Bonchev–Trinajstić information content (AvgIpc) is 2.98. The number of hydrogen-bond acceptors (Lipinski definition) is 0. The molecule has 0 saturated heterocycles. The summed E-state index contributed by atoms with van der Waals surface area (Å²) in [4.78, 5) is 0. The van der Waals surface area contributed by atoms with Gasteiger partial charge in [0.15, 0.2) is 24.8 Å². The van der Waals surface area contributed by atoms with E-state index in [-0.39, 0.29) is 0 Å². The second-order valence-corrected chi connectivity index (χ2v) is 10.2. The summed E-state index contributed by atoms with van der Waals surface area (Å²) in [6.45, 7) is 2.07. The van der Waals surface area contributed by atoms with Gasteiger partial charge in [0, 0.05) is 35.7 Å². The molecule has 0 atom stereocenters. The fourth-order valence-electron chi connectivity index (χ4n) is 5.29. The summed E-state index contributed by atoms with van der Waals surface area (Å²) in [5.41, 5.74) is 5.38. The maximum Gasteiger partial charge on any atom is 0.176 e. The molecule has 0 radical (unpaired) electrons. The molecule has 0 spiro atoms. The molecule has 0 bridgehead atoms. The van der Waals surface area contributed by atoms with Crippen LogP contribution < -0.4 is 9.13 Å². The van der Waals surface area contributed by atoms with E-state index in [0.717, 1.165) is 38.8 Å². The first kappa shape index (κ1) is 24.1. The first-order chi connectivity index (χ1) is 18.8. The van der Waals surface area contributed by atoms with Crippen LogP contribution in [-0.4, -0.2) is 0 Å². The molecule has 0 N–H and O–H groups in total. The lowest BCUT2D eigenvalue weighted by molar-refractivity contribution is -0.696. The van der Waals surface area contributed by atoms with E-state index in [4.69, 9.17) is 0 Å². The molecule has 38 heavy (non-hydrogen) atoms. The summed E-state index contributed by atoms with van der Waals surface area (Å²) in [7, 11) is 0. The van der Waals surface area contributed by atoms with Gasteiger partial charge in [-0.15, -0.1) is 0 Å². The third kappa shape index (κ3) is 5.81. The number of hydrogen-bond donors (Lipinski definition) is 0. The van der Waals surface area contributed by atoms with Crippen LogP contribution in [0.15, 0.2) is 134 Å². The van der Waals surface area contributed by atoms with Crippen molar-refractivity contribution in [3.63, 3.8) is 0 Å². The van der Waals surface area contributed by atoms with Crippen molar-refractivity contribution < 1.29 is 9.13 Å². The summed E-state index contributed by atoms with van der Waals surface area (Å²) in [5, 5.41) is 5.20. The summed E-state index contributed by atoms with van der Waals surface area (Å²) >= 11 is 0. The van der Waals surface area contributed by atoms with Crippen LogP contribution in [0.4, 0.5) is 0 Å². The molecular weight excluding hydrogens is 460 g/mol. The van der Waals surface area contributed by atoms with Crippen LogP contribution in [0.25, 0.3) is 32.7 Å². The smallest absolute Gasteiger partial charge is 0.176 e. The molecule has 0 saturated carbocycles. The first-order valence-corrected chi connectivity index (χ1v) is 13.7. The molecule has 6 rings (SSSR count). The van der Waals surface area contributed by atoms with Gasteiger partial charge in [0.2, 0.25) is 0 Å². The molecule has 2 heteroatoms. The molecule has 0 fully saturated rings. The Morgan fingerprint density at radius 1 is 0.395 bits per heavy atom. The summed E-state index contributed by atoms with van der Waals surface area (Å²) in [5.74, 6) is 0. The Labute approximate surface area is 225 Å². The SMILES string of the molecule is c1ccc2c[n+](CCCc3ccc(-c4ccc(CCC[n+]5ccc6ccccc6c5)cc4)cc3)ccc2c1. The summed E-state index contributed by atoms with van der Waals surface area (Å²) in [6, 6.07) is 39.7. The molecule has 2 aromatic heterocycles. The Morgan fingerprint density at radius 2 is 0.789 bits per heavy atom. The van der Waals surface area contributed by atoms with Crippen LogP contribution in [0.5, 0.6) is 0 Å². The van der Waals surface area contributed by atoms with E-state index in [1.54, 1.807) is 0 Å². The molecule has 0 aliphatic carbocycles. The fraction of sp³-hybridized carbons (Fsp3) is 0.167. The predicted octanol–water partition coefficient (Wildman–Crippen LogP) is 7.50. The molecule has 0 aliphatic heterocycles. The lowest BCUT2D eigenvalue weighted by Gasteiger charge is -2.06. The summed E-state index contributed by atoms with van der Waals surface area (Å²) in [6.07, 6.45) is 13.3. The number of pyridine rings is 2. The van der Waals surface area contributed by atoms with E-state index in [9.17, 15) is 0 Å². The van der Waals surface area contributed by atoms with Gasteiger partial charge in [-0.1, -0.05) is 84.9 Å². The minimum absolute atomic E-state index is 1.04. The second-order valence-electron chi connectivity index (χ2n) is 10.2. The van der Waals surface area contributed by atoms with E-state index in [1.165, 1.54) is 43.8 Å².